The van der Waals surface area contributed by atoms with E-state index in [0.717, 1.165) is 15.6 Å². The average Bonchev–Trinajstić information content (AvgIpc) is 2.85. The van der Waals surface area contributed by atoms with E-state index in [-0.39, 0.29) is 22.9 Å². The van der Waals surface area contributed by atoms with Gasteiger partial charge in [-0.3, -0.25) is 4.79 Å². The summed E-state index contributed by atoms with van der Waals surface area (Å²) in [6.45, 7) is 1.31. The Morgan fingerprint density at radius 1 is 1.47 bits per heavy atom. The molecule has 0 bridgehead atoms. The molecule has 1 aromatic heterocycles. The van der Waals surface area contributed by atoms with Crippen LogP contribution in [0.15, 0.2) is 16.3 Å². The van der Waals surface area contributed by atoms with E-state index in [1.54, 1.807) is 6.92 Å². The van der Waals surface area contributed by atoms with E-state index >= 15 is 0 Å². The molecule has 0 aromatic carbocycles. The molecule has 7 nitrogen and oxygen atoms in total. The van der Waals surface area contributed by atoms with Crippen molar-refractivity contribution in [1.82, 2.24) is 9.62 Å². The van der Waals surface area contributed by atoms with Crippen LogP contribution >= 0.6 is 11.3 Å². The smallest absolute Gasteiger partial charge is 0.347 e. The number of carbonyl (C=O) groups excluding carboxylic acids is 1. The first-order valence-corrected chi connectivity index (χ1v) is 7.68. The summed E-state index contributed by atoms with van der Waals surface area (Å²) in [5, 5.41) is 12.7. The van der Waals surface area contributed by atoms with Crippen LogP contribution < -0.4 is 5.32 Å². The van der Waals surface area contributed by atoms with E-state index in [1.165, 1.54) is 18.5 Å². The molecule has 0 spiro atoms. The molecule has 0 radical (unpaired) electrons. The summed E-state index contributed by atoms with van der Waals surface area (Å²) in [7, 11) is -2.59. The number of nitrogens with one attached hydrogen (secondary N) is 1. The number of carbonyl (C=O) groups is 2. The lowest BCUT2D eigenvalue weighted by atomic mass is 10.5. The Hall–Kier alpha value is -1.45. The molecule has 9 heteroatoms. The Bertz CT molecular complexity index is 578. The summed E-state index contributed by atoms with van der Waals surface area (Å²) >= 11 is 0.831. The first-order chi connectivity index (χ1) is 8.84. The van der Waals surface area contributed by atoms with Gasteiger partial charge in [-0.05, 0) is 11.4 Å². The molecule has 0 aliphatic heterocycles. The lowest BCUT2D eigenvalue weighted by Gasteiger charge is -2.19. The second-order valence-electron chi connectivity index (χ2n) is 3.52. The molecular formula is C10H14N2O5S2. The molecule has 1 amide bonds. The van der Waals surface area contributed by atoms with Crippen LogP contribution in [-0.2, 0) is 14.8 Å². The molecule has 0 unspecified atom stereocenters. The minimum atomic E-state index is -3.99. The van der Waals surface area contributed by atoms with Crippen molar-refractivity contribution in [3.05, 3.63) is 16.3 Å². The van der Waals surface area contributed by atoms with Crippen LogP contribution in [0.25, 0.3) is 0 Å². The molecule has 0 aliphatic rings. The van der Waals surface area contributed by atoms with E-state index in [4.69, 9.17) is 5.11 Å². The molecule has 2 N–H and O–H groups in total. The topological polar surface area (TPSA) is 104 Å². The zero-order chi connectivity index (χ0) is 14.6. The summed E-state index contributed by atoms with van der Waals surface area (Å²) in [5.74, 6) is -1.76. The highest BCUT2D eigenvalue weighted by molar-refractivity contribution is 7.89. The number of aromatic carboxylic acids is 1. The Morgan fingerprint density at radius 2 is 2.11 bits per heavy atom. The van der Waals surface area contributed by atoms with Gasteiger partial charge >= 0.3 is 5.97 Å². The molecule has 0 atom stereocenters. The first-order valence-electron chi connectivity index (χ1n) is 5.36. The van der Waals surface area contributed by atoms with Crippen LogP contribution in [0.1, 0.15) is 16.6 Å². The van der Waals surface area contributed by atoms with Gasteiger partial charge in [0.25, 0.3) is 0 Å². The Kier molecular flexibility index (Phi) is 5.04. The summed E-state index contributed by atoms with van der Waals surface area (Å²) in [6, 6.07) is 1.23. The number of amides is 1. The van der Waals surface area contributed by atoms with Gasteiger partial charge < -0.3 is 10.4 Å². The van der Waals surface area contributed by atoms with Crippen molar-refractivity contribution >= 4 is 33.2 Å². The first kappa shape index (κ1) is 15.6. The summed E-state index contributed by atoms with van der Waals surface area (Å²) in [6.07, 6.45) is 0. The van der Waals surface area contributed by atoms with Gasteiger partial charge in [-0.25, -0.2) is 13.2 Å². The van der Waals surface area contributed by atoms with Crippen LogP contribution in [0.5, 0.6) is 0 Å². The highest BCUT2D eigenvalue weighted by atomic mass is 32.2. The minimum Gasteiger partial charge on any atom is -0.477 e. The molecule has 0 saturated heterocycles. The lowest BCUT2D eigenvalue weighted by Crippen LogP contribution is -2.39. The molecule has 0 fully saturated rings. The summed E-state index contributed by atoms with van der Waals surface area (Å²) < 4.78 is 25.5. The molecule has 1 rings (SSSR count). The van der Waals surface area contributed by atoms with E-state index in [1.807, 2.05) is 0 Å². The van der Waals surface area contributed by atoms with Crippen LogP contribution in [0, 0.1) is 0 Å². The van der Waals surface area contributed by atoms with Crippen molar-refractivity contribution in [3.8, 4) is 0 Å². The number of nitrogens with zero attached hydrogens (tertiary/aromatic N) is 1. The fourth-order valence-corrected chi connectivity index (χ4v) is 4.04. The zero-order valence-corrected chi connectivity index (χ0v) is 12.0. The fraction of sp³-hybridized carbons (Fsp3) is 0.400. The Morgan fingerprint density at radius 3 is 2.58 bits per heavy atom. The van der Waals surface area contributed by atoms with Crippen molar-refractivity contribution < 1.29 is 23.1 Å². The quantitative estimate of drug-likeness (QED) is 0.781. The maximum absolute atomic E-state index is 12.3. The normalized spacial score (nSPS) is 11.5. The van der Waals surface area contributed by atoms with E-state index < -0.39 is 21.9 Å². The maximum Gasteiger partial charge on any atom is 0.347 e. The predicted molar refractivity (Wildman–Crippen MR) is 69.8 cm³/mol. The minimum absolute atomic E-state index is 0.0741. The van der Waals surface area contributed by atoms with Gasteiger partial charge in [-0.1, -0.05) is 6.92 Å². The zero-order valence-electron chi connectivity index (χ0n) is 10.4. The fourth-order valence-electron chi connectivity index (χ4n) is 1.40. The van der Waals surface area contributed by atoms with E-state index in [0.29, 0.717) is 0 Å². The molecule has 1 aromatic rings. The predicted octanol–water partition coefficient (Wildman–Crippen LogP) is 0.203. The Labute approximate surface area is 114 Å². The van der Waals surface area contributed by atoms with Crippen molar-refractivity contribution in [3.63, 3.8) is 0 Å². The molecule has 19 heavy (non-hydrogen) atoms. The SMILES string of the molecule is CCN(CC(=O)NC)S(=O)(=O)c1ccsc1C(=O)O. The third kappa shape index (κ3) is 3.31. The Balaban J connectivity index is 3.17. The summed E-state index contributed by atoms with van der Waals surface area (Å²) in [5.41, 5.74) is 0. The van der Waals surface area contributed by atoms with E-state index in [9.17, 15) is 18.0 Å². The number of hydrogen-bond donors (Lipinski definition) is 2. The largest absolute Gasteiger partial charge is 0.477 e. The summed E-state index contributed by atoms with van der Waals surface area (Å²) in [4.78, 5) is 21.7. The third-order valence-corrected chi connectivity index (χ3v) is 5.39. The third-order valence-electron chi connectivity index (χ3n) is 2.39. The van der Waals surface area contributed by atoms with Gasteiger partial charge in [0.1, 0.15) is 9.77 Å². The highest BCUT2D eigenvalue weighted by Gasteiger charge is 2.30. The average molecular weight is 306 g/mol. The van der Waals surface area contributed by atoms with Gasteiger partial charge in [0.05, 0.1) is 6.54 Å². The molecular weight excluding hydrogens is 292 g/mol. The molecule has 106 valence electrons. The van der Waals surface area contributed by atoms with Crippen molar-refractivity contribution in [2.45, 2.75) is 11.8 Å². The molecule has 1 heterocycles. The van der Waals surface area contributed by atoms with Crippen LogP contribution in [0.2, 0.25) is 0 Å². The lowest BCUT2D eigenvalue weighted by molar-refractivity contribution is -0.120. The number of carboxylic acid groups (broad SMARTS) is 1. The molecule has 0 saturated carbocycles. The van der Waals surface area contributed by atoms with Crippen LogP contribution in [-0.4, -0.2) is 49.8 Å². The standard InChI is InChI=1S/C10H14N2O5S2/c1-3-12(6-8(13)11-2)19(16,17)7-4-5-18-9(7)10(14)15/h4-5H,3,6H2,1-2H3,(H,11,13)(H,14,15). The maximum atomic E-state index is 12.3. The van der Waals surface area contributed by atoms with Gasteiger partial charge in [0.15, 0.2) is 0 Å². The van der Waals surface area contributed by atoms with Gasteiger partial charge in [0, 0.05) is 13.6 Å². The van der Waals surface area contributed by atoms with Gasteiger partial charge in [-0.15, -0.1) is 11.3 Å². The van der Waals surface area contributed by atoms with Crippen LogP contribution in [0.3, 0.4) is 0 Å². The number of sulfonamides is 1. The number of carboxylic acids is 1. The van der Waals surface area contributed by atoms with Gasteiger partial charge in [-0.2, -0.15) is 4.31 Å². The van der Waals surface area contributed by atoms with E-state index in [2.05, 4.69) is 5.32 Å². The van der Waals surface area contributed by atoms with Crippen molar-refractivity contribution in [1.29, 1.82) is 0 Å². The number of hydrogen-bond acceptors (Lipinski definition) is 5. The monoisotopic (exact) mass is 306 g/mol. The highest BCUT2D eigenvalue weighted by Crippen LogP contribution is 2.25. The number of likely N-dealkylation sites (N-methyl/N-ethyl adjacent to an activating group) is 2. The second-order valence-corrected chi connectivity index (χ2v) is 6.35. The van der Waals surface area contributed by atoms with Gasteiger partial charge in [0.2, 0.25) is 15.9 Å². The molecule has 0 aliphatic carbocycles. The van der Waals surface area contributed by atoms with Crippen molar-refractivity contribution in [2.75, 3.05) is 20.1 Å². The number of thiophene rings is 1. The van der Waals surface area contributed by atoms with Crippen molar-refractivity contribution in [2.24, 2.45) is 0 Å². The second kappa shape index (κ2) is 6.13. The number of rotatable bonds is 6. The van der Waals surface area contributed by atoms with Crippen LogP contribution in [0.4, 0.5) is 0 Å².